The number of nitrogens with one attached hydrogen (secondary N) is 1. The fourth-order valence-electron chi connectivity index (χ4n) is 2.54. The van der Waals surface area contributed by atoms with E-state index in [-0.39, 0.29) is 0 Å². The molecule has 1 aliphatic rings. The molecule has 1 fully saturated rings. The molecule has 0 radical (unpaired) electrons. The lowest BCUT2D eigenvalue weighted by atomic mass is 9.84. The van der Waals surface area contributed by atoms with Crippen molar-refractivity contribution in [1.82, 2.24) is 10.2 Å². The Morgan fingerprint density at radius 2 is 2.00 bits per heavy atom. The molecule has 1 saturated heterocycles. The minimum absolute atomic E-state index is 0.308. The van der Waals surface area contributed by atoms with Gasteiger partial charge in [-0.1, -0.05) is 26.8 Å². The average molecular weight is 238 g/mol. The van der Waals surface area contributed by atoms with Crippen molar-refractivity contribution in [3.05, 3.63) is 22.4 Å². The lowest BCUT2D eigenvalue weighted by Crippen LogP contribution is -2.48. The summed E-state index contributed by atoms with van der Waals surface area (Å²) in [7, 11) is 0. The van der Waals surface area contributed by atoms with Gasteiger partial charge in [-0.05, 0) is 16.9 Å². The zero-order valence-corrected chi connectivity index (χ0v) is 11.3. The largest absolute Gasteiger partial charge is 0.314 e. The van der Waals surface area contributed by atoms with Crippen LogP contribution in [0.1, 0.15) is 31.7 Å². The van der Waals surface area contributed by atoms with Crippen LogP contribution in [0, 0.1) is 5.41 Å². The maximum Gasteiger partial charge on any atom is 0.0490 e. The molecule has 0 amide bonds. The quantitative estimate of drug-likeness (QED) is 0.852. The van der Waals surface area contributed by atoms with Gasteiger partial charge in [0.05, 0.1) is 0 Å². The van der Waals surface area contributed by atoms with Gasteiger partial charge in [0, 0.05) is 37.1 Å². The highest BCUT2D eigenvalue weighted by Crippen LogP contribution is 2.39. The van der Waals surface area contributed by atoms with Crippen LogP contribution >= 0.6 is 11.3 Å². The molecule has 1 aromatic heterocycles. The fourth-order valence-corrected chi connectivity index (χ4v) is 3.64. The fraction of sp³-hybridized carbons (Fsp3) is 0.692. The van der Waals surface area contributed by atoms with Crippen LogP contribution in [0.25, 0.3) is 0 Å². The number of thiophene rings is 1. The number of nitrogens with zero attached hydrogens (tertiary/aromatic N) is 1. The third-order valence-corrected chi connectivity index (χ3v) is 4.07. The smallest absolute Gasteiger partial charge is 0.0490 e. The molecule has 0 bridgehead atoms. The molecular weight excluding hydrogens is 216 g/mol. The van der Waals surface area contributed by atoms with E-state index in [4.69, 9.17) is 0 Å². The summed E-state index contributed by atoms with van der Waals surface area (Å²) >= 11 is 1.89. The molecule has 90 valence electrons. The minimum atomic E-state index is 0.308. The first kappa shape index (κ1) is 12.1. The van der Waals surface area contributed by atoms with Gasteiger partial charge in [-0.3, -0.25) is 4.90 Å². The van der Waals surface area contributed by atoms with Crippen LogP contribution in [0.15, 0.2) is 17.5 Å². The van der Waals surface area contributed by atoms with Crippen LogP contribution in [-0.2, 0) is 0 Å². The summed E-state index contributed by atoms with van der Waals surface area (Å²) in [5.41, 5.74) is 0.308. The van der Waals surface area contributed by atoms with Crippen molar-refractivity contribution in [1.29, 1.82) is 0 Å². The highest BCUT2D eigenvalue weighted by molar-refractivity contribution is 7.10. The molecule has 2 rings (SSSR count). The van der Waals surface area contributed by atoms with E-state index in [0.29, 0.717) is 11.5 Å². The van der Waals surface area contributed by atoms with E-state index in [1.54, 1.807) is 0 Å². The summed E-state index contributed by atoms with van der Waals surface area (Å²) in [6.45, 7) is 11.6. The predicted molar refractivity (Wildman–Crippen MR) is 71.0 cm³/mol. The van der Waals surface area contributed by atoms with Crippen molar-refractivity contribution in [2.75, 3.05) is 26.2 Å². The average Bonchev–Trinajstić information content (AvgIpc) is 2.71. The SMILES string of the molecule is CC(C)(C)[C@H](c1cccs1)N1CCNCC1. The molecule has 1 atom stereocenters. The summed E-state index contributed by atoms with van der Waals surface area (Å²) in [4.78, 5) is 4.14. The molecule has 1 aromatic rings. The molecule has 0 aliphatic carbocycles. The Hall–Kier alpha value is -0.380. The molecule has 1 N–H and O–H groups in total. The highest BCUT2D eigenvalue weighted by atomic mass is 32.1. The summed E-state index contributed by atoms with van der Waals surface area (Å²) in [5, 5.41) is 5.62. The van der Waals surface area contributed by atoms with Crippen molar-refractivity contribution in [3.8, 4) is 0 Å². The maximum absolute atomic E-state index is 3.43. The Balaban J connectivity index is 2.21. The molecule has 0 saturated carbocycles. The van der Waals surface area contributed by atoms with E-state index < -0.39 is 0 Å². The van der Waals surface area contributed by atoms with Gasteiger partial charge in [-0.2, -0.15) is 0 Å². The maximum atomic E-state index is 3.43. The van der Waals surface area contributed by atoms with Crippen LogP contribution in [-0.4, -0.2) is 31.1 Å². The predicted octanol–water partition coefficient (Wildman–Crippen LogP) is 2.74. The van der Waals surface area contributed by atoms with Gasteiger partial charge in [0.15, 0.2) is 0 Å². The van der Waals surface area contributed by atoms with Crippen molar-refractivity contribution < 1.29 is 0 Å². The van der Waals surface area contributed by atoms with E-state index in [1.165, 1.54) is 18.0 Å². The van der Waals surface area contributed by atoms with Gasteiger partial charge in [0.2, 0.25) is 0 Å². The first-order chi connectivity index (χ1) is 7.59. The molecule has 0 unspecified atom stereocenters. The minimum Gasteiger partial charge on any atom is -0.314 e. The normalized spacial score (nSPS) is 20.9. The van der Waals surface area contributed by atoms with Crippen molar-refractivity contribution in [2.24, 2.45) is 5.41 Å². The molecular formula is C13H22N2S. The molecule has 2 heterocycles. The topological polar surface area (TPSA) is 15.3 Å². The Morgan fingerprint density at radius 3 is 2.50 bits per heavy atom. The molecule has 0 spiro atoms. The Morgan fingerprint density at radius 1 is 1.31 bits per heavy atom. The Labute approximate surface area is 103 Å². The zero-order valence-electron chi connectivity index (χ0n) is 10.5. The van der Waals surface area contributed by atoms with Gasteiger partial charge < -0.3 is 5.32 Å². The molecule has 3 heteroatoms. The molecule has 2 nitrogen and oxygen atoms in total. The van der Waals surface area contributed by atoms with Gasteiger partial charge >= 0.3 is 0 Å². The third kappa shape index (κ3) is 2.65. The van der Waals surface area contributed by atoms with Crippen molar-refractivity contribution >= 4 is 11.3 Å². The summed E-state index contributed by atoms with van der Waals surface area (Å²) in [6, 6.07) is 5.01. The van der Waals surface area contributed by atoms with E-state index >= 15 is 0 Å². The number of rotatable bonds is 2. The lowest BCUT2D eigenvalue weighted by molar-refractivity contribution is 0.0888. The van der Waals surface area contributed by atoms with E-state index in [9.17, 15) is 0 Å². The van der Waals surface area contributed by atoms with Crippen molar-refractivity contribution in [2.45, 2.75) is 26.8 Å². The van der Waals surface area contributed by atoms with E-state index in [2.05, 4.69) is 48.5 Å². The van der Waals surface area contributed by atoms with Gasteiger partial charge in [0.1, 0.15) is 0 Å². The second-order valence-electron chi connectivity index (χ2n) is 5.57. The van der Waals surface area contributed by atoms with Crippen LogP contribution in [0.3, 0.4) is 0 Å². The molecule has 0 aromatic carbocycles. The number of hydrogen-bond donors (Lipinski definition) is 1. The van der Waals surface area contributed by atoms with Crippen LogP contribution in [0.5, 0.6) is 0 Å². The van der Waals surface area contributed by atoms with E-state index in [0.717, 1.165) is 13.1 Å². The summed E-state index contributed by atoms with van der Waals surface area (Å²) in [5.74, 6) is 0. The second kappa shape index (κ2) is 4.86. The first-order valence-corrected chi connectivity index (χ1v) is 6.95. The van der Waals surface area contributed by atoms with Crippen LogP contribution in [0.4, 0.5) is 0 Å². The van der Waals surface area contributed by atoms with Gasteiger partial charge in [0.25, 0.3) is 0 Å². The molecule has 1 aliphatic heterocycles. The summed E-state index contributed by atoms with van der Waals surface area (Å²) < 4.78 is 0. The van der Waals surface area contributed by atoms with Gasteiger partial charge in [-0.25, -0.2) is 0 Å². The van der Waals surface area contributed by atoms with Gasteiger partial charge in [-0.15, -0.1) is 11.3 Å². The van der Waals surface area contributed by atoms with Crippen molar-refractivity contribution in [3.63, 3.8) is 0 Å². The number of piperazine rings is 1. The number of hydrogen-bond acceptors (Lipinski definition) is 3. The zero-order chi connectivity index (χ0) is 11.6. The van der Waals surface area contributed by atoms with E-state index in [1.807, 2.05) is 11.3 Å². The monoisotopic (exact) mass is 238 g/mol. The first-order valence-electron chi connectivity index (χ1n) is 6.07. The van der Waals surface area contributed by atoms with Crippen LogP contribution in [0.2, 0.25) is 0 Å². The highest BCUT2D eigenvalue weighted by Gasteiger charge is 2.32. The Kier molecular flexibility index (Phi) is 3.67. The summed E-state index contributed by atoms with van der Waals surface area (Å²) in [6.07, 6.45) is 0. The second-order valence-corrected chi connectivity index (χ2v) is 6.55. The lowest BCUT2D eigenvalue weighted by Gasteiger charge is -2.41. The molecule has 16 heavy (non-hydrogen) atoms. The standard InChI is InChI=1S/C13H22N2S/c1-13(2,3)12(11-5-4-10-16-11)15-8-6-14-7-9-15/h4-5,10,12,14H,6-9H2,1-3H3/t12-/m0/s1. The Bertz CT molecular complexity index is 307. The van der Waals surface area contributed by atoms with Crippen LogP contribution < -0.4 is 5.32 Å². The third-order valence-electron chi connectivity index (χ3n) is 3.15.